The monoisotopic (exact) mass is 544 g/mol. The number of benzene rings is 6. The maximum Gasteiger partial charge on any atom is 2.00 e. The Balaban J connectivity index is 0.000000599. The molecule has 6 rings (SSSR count). The molecule has 0 fully saturated rings. The van der Waals surface area contributed by atoms with E-state index in [1.807, 2.05) is 48.5 Å². The molecule has 0 saturated carbocycles. The standard InChI is InChI=1S/C29H19NOS.CH3NOS.Ca/c31-29(32)30(27-13-5-11-23-21-9-3-1-7-19(21)15-17-25(23)27)28-14-6-12-24-22-10-4-2-8-20(22)16-18-26(24)28;2-1(3)4;/h1-18H,(H,31,32);(H3,2,3,4);/q;;+2/p-2. The third kappa shape index (κ3) is 5.35. The number of hydrogen-bond donors (Lipinski definition) is 1. The van der Waals surface area contributed by atoms with Gasteiger partial charge in [0.15, 0.2) is 0 Å². The summed E-state index contributed by atoms with van der Waals surface area (Å²) in [5.74, 6) is 0. The number of nitrogens with two attached hydrogens (primary N) is 1. The Hall–Kier alpha value is -3.00. The molecule has 2 amide bonds. The van der Waals surface area contributed by atoms with Crippen LogP contribution in [0.2, 0.25) is 0 Å². The average molecular weight is 545 g/mol. The van der Waals surface area contributed by atoms with Gasteiger partial charge in [0.2, 0.25) is 0 Å². The minimum Gasteiger partial charge on any atom is -0.719 e. The summed E-state index contributed by atoms with van der Waals surface area (Å²) in [6.45, 7) is 0. The van der Waals surface area contributed by atoms with Gasteiger partial charge in [-0.3, -0.25) is 4.90 Å². The zero-order valence-electron chi connectivity index (χ0n) is 19.8. The van der Waals surface area contributed by atoms with Crippen LogP contribution in [0.1, 0.15) is 0 Å². The van der Waals surface area contributed by atoms with E-state index in [0.29, 0.717) is 0 Å². The second-order valence-corrected chi connectivity index (χ2v) is 8.99. The van der Waals surface area contributed by atoms with Gasteiger partial charge in [-0.2, -0.15) is 0 Å². The van der Waals surface area contributed by atoms with Gasteiger partial charge in [0.25, 0.3) is 0 Å². The first-order valence-corrected chi connectivity index (χ1v) is 12.1. The van der Waals surface area contributed by atoms with Crippen LogP contribution in [0, 0.1) is 0 Å². The number of carbonyl (C=O) groups excluding carboxylic acids is 2. The quantitative estimate of drug-likeness (QED) is 0.141. The second-order valence-electron chi connectivity index (χ2n) is 8.24. The van der Waals surface area contributed by atoms with E-state index in [-0.39, 0.29) is 37.7 Å². The first-order valence-electron chi connectivity index (χ1n) is 11.2. The fourth-order valence-electron chi connectivity index (χ4n) is 4.76. The van der Waals surface area contributed by atoms with E-state index in [2.05, 4.69) is 79.0 Å². The van der Waals surface area contributed by atoms with Crippen molar-refractivity contribution in [3.05, 3.63) is 109 Å². The van der Waals surface area contributed by atoms with Crippen LogP contribution in [0.25, 0.3) is 43.1 Å². The molecule has 6 aromatic rings. The minimum atomic E-state index is -0.750. The van der Waals surface area contributed by atoms with Crippen molar-refractivity contribution in [2.75, 3.05) is 4.90 Å². The molecule has 176 valence electrons. The molecular formula is C30H20CaN2O2S2. The van der Waals surface area contributed by atoms with Gasteiger partial charge in [-0.15, -0.1) is 0 Å². The third-order valence-corrected chi connectivity index (χ3v) is 6.37. The fourth-order valence-corrected chi connectivity index (χ4v) is 4.96. The maximum atomic E-state index is 12.9. The number of carbonyl (C=O) groups is 2. The van der Waals surface area contributed by atoms with Crippen LogP contribution >= 0.6 is 0 Å². The summed E-state index contributed by atoms with van der Waals surface area (Å²) in [6.07, 6.45) is 0. The van der Waals surface area contributed by atoms with E-state index in [4.69, 9.17) is 17.4 Å². The number of rotatable bonds is 2. The van der Waals surface area contributed by atoms with Gasteiger partial charge in [-0.25, -0.2) is 0 Å². The molecule has 7 heteroatoms. The minimum absolute atomic E-state index is 0. The van der Waals surface area contributed by atoms with Crippen LogP contribution in [-0.4, -0.2) is 48.2 Å². The molecule has 0 heterocycles. The molecule has 0 saturated heterocycles. The van der Waals surface area contributed by atoms with Gasteiger partial charge in [0.1, 0.15) is 5.24 Å². The van der Waals surface area contributed by atoms with Crippen LogP contribution in [0.15, 0.2) is 109 Å². The Morgan fingerprint density at radius 3 is 1.30 bits per heavy atom. The molecule has 0 aliphatic heterocycles. The summed E-state index contributed by atoms with van der Waals surface area (Å²) >= 11 is 9.03. The van der Waals surface area contributed by atoms with Crippen molar-refractivity contribution in [1.82, 2.24) is 0 Å². The zero-order valence-corrected chi connectivity index (χ0v) is 23.6. The van der Waals surface area contributed by atoms with Crippen molar-refractivity contribution in [3.63, 3.8) is 0 Å². The number of fused-ring (bicyclic) bond motifs is 6. The molecular weight excluding hydrogens is 525 g/mol. The fraction of sp³-hybridized carbons (Fsp3) is 0. The second kappa shape index (κ2) is 11.6. The predicted octanol–water partition coefficient (Wildman–Crippen LogP) is 7.34. The number of primary amides is 1. The Kier molecular flexibility index (Phi) is 8.47. The molecule has 37 heavy (non-hydrogen) atoms. The summed E-state index contributed by atoms with van der Waals surface area (Å²) in [4.78, 5) is 23.6. The zero-order chi connectivity index (χ0) is 25.2. The Morgan fingerprint density at radius 2 is 0.892 bits per heavy atom. The van der Waals surface area contributed by atoms with Gasteiger partial charge in [0.05, 0.1) is 16.6 Å². The molecule has 0 aliphatic carbocycles. The van der Waals surface area contributed by atoms with E-state index in [1.165, 1.54) is 10.8 Å². The number of anilines is 2. The molecule has 0 bridgehead atoms. The molecule has 0 radical (unpaired) electrons. The molecule has 2 N–H and O–H groups in total. The molecule has 4 nitrogen and oxygen atoms in total. The van der Waals surface area contributed by atoms with Gasteiger partial charge in [-0.1, -0.05) is 97.1 Å². The van der Waals surface area contributed by atoms with Crippen LogP contribution < -0.4 is 10.6 Å². The van der Waals surface area contributed by atoms with Crippen molar-refractivity contribution in [2.45, 2.75) is 0 Å². The van der Waals surface area contributed by atoms with Crippen molar-refractivity contribution in [2.24, 2.45) is 5.73 Å². The van der Waals surface area contributed by atoms with Crippen LogP contribution in [0.5, 0.6) is 0 Å². The van der Waals surface area contributed by atoms with Crippen LogP contribution in [0.3, 0.4) is 0 Å². The van der Waals surface area contributed by atoms with Crippen LogP contribution in [0.4, 0.5) is 21.0 Å². The normalized spacial score (nSPS) is 10.5. The predicted molar refractivity (Wildman–Crippen MR) is 161 cm³/mol. The average Bonchev–Trinajstić information content (AvgIpc) is 2.88. The van der Waals surface area contributed by atoms with Crippen molar-refractivity contribution < 1.29 is 9.59 Å². The number of amides is 2. The van der Waals surface area contributed by atoms with Crippen LogP contribution in [-0.2, 0) is 25.3 Å². The van der Waals surface area contributed by atoms with Gasteiger partial charge in [-0.05, 0) is 44.5 Å². The molecule has 0 atom stereocenters. The van der Waals surface area contributed by atoms with Gasteiger partial charge >= 0.3 is 37.7 Å². The number of nitrogens with zero attached hydrogens (tertiary/aromatic N) is 1. The van der Waals surface area contributed by atoms with E-state index in [9.17, 15) is 4.79 Å². The Morgan fingerprint density at radius 1 is 0.514 bits per heavy atom. The molecule has 0 spiro atoms. The van der Waals surface area contributed by atoms with Crippen molar-refractivity contribution >= 4 is 128 Å². The summed E-state index contributed by atoms with van der Waals surface area (Å²) < 4.78 is 0. The van der Waals surface area contributed by atoms with Gasteiger partial charge < -0.3 is 40.6 Å². The smallest absolute Gasteiger partial charge is 0.719 e. The summed E-state index contributed by atoms with van der Waals surface area (Å²) in [5.41, 5.74) is 5.89. The van der Waals surface area contributed by atoms with E-state index >= 15 is 0 Å². The summed E-state index contributed by atoms with van der Waals surface area (Å²) in [7, 11) is 0. The summed E-state index contributed by atoms with van der Waals surface area (Å²) in [6, 6.07) is 37.1. The third-order valence-electron chi connectivity index (χ3n) is 6.19. The molecule has 0 aromatic heterocycles. The summed E-state index contributed by atoms with van der Waals surface area (Å²) in [5, 5.41) is 7.70. The first kappa shape index (κ1) is 27.0. The van der Waals surface area contributed by atoms with E-state index in [1.54, 1.807) is 4.90 Å². The maximum absolute atomic E-state index is 12.9. The topological polar surface area (TPSA) is 63.4 Å². The van der Waals surface area contributed by atoms with Crippen molar-refractivity contribution in [1.29, 1.82) is 0 Å². The Bertz CT molecular complexity index is 1670. The molecule has 0 unspecified atom stereocenters. The molecule has 0 aliphatic rings. The van der Waals surface area contributed by atoms with E-state index in [0.717, 1.165) is 43.7 Å². The van der Waals surface area contributed by atoms with Crippen molar-refractivity contribution in [3.8, 4) is 0 Å². The largest absolute Gasteiger partial charge is 2.00 e. The van der Waals surface area contributed by atoms with Gasteiger partial charge in [0, 0.05) is 10.8 Å². The number of hydrogen-bond acceptors (Lipinski definition) is 4. The SMILES string of the molecule is NC(=O)[S-].O=C([S-])N(c1cccc2c1ccc1ccccc12)c1cccc2c1ccc1ccccc12.[Ca+2]. The Labute approximate surface area is 255 Å². The van der Waals surface area contributed by atoms with E-state index < -0.39 is 10.5 Å². The molecule has 6 aromatic carbocycles. The first-order chi connectivity index (χ1) is 17.5.